The molecule has 39 heavy (non-hydrogen) atoms. The van der Waals surface area contributed by atoms with Gasteiger partial charge in [0.1, 0.15) is 24.0 Å². The van der Waals surface area contributed by atoms with Crippen LogP contribution in [0, 0.1) is 0 Å². The maximum absolute atomic E-state index is 12.0. The summed E-state index contributed by atoms with van der Waals surface area (Å²) in [5, 5.41) is 9.48. The van der Waals surface area contributed by atoms with Crippen LogP contribution in [0.1, 0.15) is 33.3 Å². The van der Waals surface area contributed by atoms with Crippen LogP contribution in [0.25, 0.3) is 11.0 Å². The molecule has 1 fully saturated rings. The monoisotopic (exact) mass is 550 g/mol. The Morgan fingerprint density at radius 1 is 0.846 bits per heavy atom. The standard InChI is InChI=1S/C25H26O14/c1-11(26)33-10-19-22(34-12(2)27)23(35-13(3)28)24(36-14(4)29)25(39-19)37-16-5-6-17-15(7-20(30)31)8-21(32)38-18(17)9-16/h5-6,8-9,19,22-25H,7,10H2,1-4H3,(H,30,31)/t19-,22+,23+,24-,25-/m1/s1. The zero-order valence-corrected chi connectivity index (χ0v) is 21.4. The molecule has 1 aliphatic rings. The summed E-state index contributed by atoms with van der Waals surface area (Å²) in [5.74, 6) is -4.20. The Labute approximate surface area is 220 Å². The Kier molecular flexibility index (Phi) is 9.24. The largest absolute Gasteiger partial charge is 0.481 e. The molecule has 0 bridgehead atoms. The van der Waals surface area contributed by atoms with E-state index in [-0.39, 0.29) is 16.9 Å². The summed E-state index contributed by atoms with van der Waals surface area (Å²) < 4.78 is 38.0. The number of carboxylic acid groups (broad SMARTS) is 1. The predicted molar refractivity (Wildman–Crippen MR) is 126 cm³/mol. The van der Waals surface area contributed by atoms with Crippen LogP contribution in [0.15, 0.2) is 33.5 Å². The van der Waals surface area contributed by atoms with Crippen LogP contribution in [0.2, 0.25) is 0 Å². The van der Waals surface area contributed by atoms with Crippen molar-refractivity contribution >= 4 is 40.8 Å². The molecule has 1 aromatic heterocycles. The average Bonchev–Trinajstić information content (AvgIpc) is 2.80. The van der Waals surface area contributed by atoms with E-state index in [1.807, 2.05) is 0 Å². The van der Waals surface area contributed by atoms with E-state index in [1.54, 1.807) is 0 Å². The average molecular weight is 550 g/mol. The molecule has 0 spiro atoms. The Balaban J connectivity index is 2.04. The van der Waals surface area contributed by atoms with Gasteiger partial charge in [-0.1, -0.05) is 0 Å². The van der Waals surface area contributed by atoms with Gasteiger partial charge in [-0.2, -0.15) is 0 Å². The molecule has 0 radical (unpaired) electrons. The van der Waals surface area contributed by atoms with Gasteiger partial charge in [-0.3, -0.25) is 24.0 Å². The topological polar surface area (TPSA) is 191 Å². The van der Waals surface area contributed by atoms with E-state index in [1.165, 1.54) is 18.2 Å². The Hall–Kier alpha value is -4.46. The summed E-state index contributed by atoms with van der Waals surface area (Å²) >= 11 is 0. The first-order valence-corrected chi connectivity index (χ1v) is 11.6. The lowest BCUT2D eigenvalue weighted by atomic mass is 9.98. The first kappa shape index (κ1) is 29.1. The van der Waals surface area contributed by atoms with E-state index < -0.39 is 79.2 Å². The zero-order valence-electron chi connectivity index (χ0n) is 21.4. The molecule has 14 heteroatoms. The van der Waals surface area contributed by atoms with Gasteiger partial charge < -0.3 is 37.9 Å². The number of hydrogen-bond donors (Lipinski definition) is 1. The van der Waals surface area contributed by atoms with Gasteiger partial charge in [0.05, 0.1) is 6.42 Å². The molecule has 0 amide bonds. The molecule has 210 valence electrons. The number of carbonyl (C=O) groups is 5. The summed E-state index contributed by atoms with van der Waals surface area (Å²) in [7, 11) is 0. The maximum atomic E-state index is 12.0. The minimum absolute atomic E-state index is 0.00174. The minimum atomic E-state index is -1.50. The minimum Gasteiger partial charge on any atom is -0.481 e. The highest BCUT2D eigenvalue weighted by atomic mass is 16.7. The number of benzene rings is 1. The van der Waals surface area contributed by atoms with Crippen LogP contribution in [0.5, 0.6) is 5.75 Å². The fourth-order valence-electron chi connectivity index (χ4n) is 4.01. The van der Waals surface area contributed by atoms with Crippen LogP contribution in [-0.2, 0) is 54.1 Å². The van der Waals surface area contributed by atoms with Crippen LogP contribution in [0.4, 0.5) is 0 Å². The van der Waals surface area contributed by atoms with Gasteiger partial charge in [0, 0.05) is 45.2 Å². The molecule has 1 aliphatic heterocycles. The molecule has 0 unspecified atom stereocenters. The van der Waals surface area contributed by atoms with Crippen LogP contribution >= 0.6 is 0 Å². The number of hydrogen-bond acceptors (Lipinski definition) is 13. The lowest BCUT2D eigenvalue weighted by Crippen LogP contribution is -2.63. The molecule has 5 atom stereocenters. The number of fused-ring (bicyclic) bond motifs is 1. The summed E-state index contributed by atoms with van der Waals surface area (Å²) in [6.07, 6.45) is -7.41. The lowest BCUT2D eigenvalue weighted by molar-refractivity contribution is -0.288. The normalized spacial score (nSPS) is 22.4. The highest BCUT2D eigenvalue weighted by Gasteiger charge is 2.53. The number of esters is 4. The van der Waals surface area contributed by atoms with Crippen molar-refractivity contribution in [1.29, 1.82) is 0 Å². The molecule has 0 aliphatic carbocycles. The molecule has 2 aromatic rings. The highest BCUT2D eigenvalue weighted by Crippen LogP contribution is 2.32. The van der Waals surface area contributed by atoms with E-state index >= 15 is 0 Å². The zero-order chi connectivity index (χ0) is 28.9. The summed E-state index contributed by atoms with van der Waals surface area (Å²) in [5.41, 5.74) is -0.572. The van der Waals surface area contributed by atoms with Gasteiger partial charge in [-0.25, -0.2) is 4.79 Å². The number of ether oxygens (including phenoxy) is 6. The van der Waals surface area contributed by atoms with Gasteiger partial charge in [0.25, 0.3) is 0 Å². The molecule has 0 saturated carbocycles. The van der Waals surface area contributed by atoms with Crippen LogP contribution in [-0.4, -0.2) is 72.3 Å². The Morgan fingerprint density at radius 3 is 2.05 bits per heavy atom. The molecule has 14 nitrogen and oxygen atoms in total. The quantitative estimate of drug-likeness (QED) is 0.263. The fraction of sp³-hybridized carbons (Fsp3) is 0.440. The van der Waals surface area contributed by atoms with Gasteiger partial charge in [-0.15, -0.1) is 0 Å². The van der Waals surface area contributed by atoms with E-state index in [9.17, 15) is 28.8 Å². The summed E-state index contributed by atoms with van der Waals surface area (Å²) in [6.45, 7) is 3.97. The molecule has 1 saturated heterocycles. The molecule has 2 heterocycles. The second-order valence-corrected chi connectivity index (χ2v) is 8.50. The molecule has 1 N–H and O–H groups in total. The Morgan fingerprint density at radius 2 is 1.46 bits per heavy atom. The van der Waals surface area contributed by atoms with Gasteiger partial charge in [-0.05, 0) is 17.7 Å². The molecular weight excluding hydrogens is 524 g/mol. The van der Waals surface area contributed by atoms with Crippen LogP contribution in [0.3, 0.4) is 0 Å². The van der Waals surface area contributed by atoms with Gasteiger partial charge in [0.2, 0.25) is 12.4 Å². The SMILES string of the molecule is CC(=O)OC[C@H]1O[C@@H](Oc2ccc3c(CC(=O)O)cc(=O)oc3c2)[C@H](OC(C)=O)[C@@H](OC(C)=O)[C@H]1OC(C)=O. The number of aliphatic carboxylic acids is 1. The second kappa shape index (κ2) is 12.4. The first-order valence-electron chi connectivity index (χ1n) is 11.6. The number of carboxylic acids is 1. The predicted octanol–water partition coefficient (Wildman–Crippen LogP) is 0.882. The summed E-state index contributed by atoms with van der Waals surface area (Å²) in [4.78, 5) is 70.4. The first-order chi connectivity index (χ1) is 18.3. The fourth-order valence-corrected chi connectivity index (χ4v) is 4.01. The van der Waals surface area contributed by atoms with Crippen molar-refractivity contribution in [2.45, 2.75) is 64.8 Å². The lowest BCUT2D eigenvalue weighted by Gasteiger charge is -2.43. The van der Waals surface area contributed by atoms with Crippen molar-refractivity contribution in [3.05, 3.63) is 40.2 Å². The van der Waals surface area contributed by atoms with E-state index in [0.29, 0.717) is 5.39 Å². The second-order valence-electron chi connectivity index (χ2n) is 8.50. The highest BCUT2D eigenvalue weighted by molar-refractivity contribution is 5.85. The number of rotatable bonds is 9. The van der Waals surface area contributed by atoms with Gasteiger partial charge in [0.15, 0.2) is 12.2 Å². The van der Waals surface area contributed by atoms with Crippen molar-refractivity contribution in [2.24, 2.45) is 0 Å². The van der Waals surface area contributed by atoms with E-state index in [4.69, 9.17) is 37.9 Å². The molecule has 1 aromatic carbocycles. The molecular formula is C25H26O14. The third-order valence-electron chi connectivity index (χ3n) is 5.34. The van der Waals surface area contributed by atoms with Crippen molar-refractivity contribution < 1.29 is 61.9 Å². The Bertz CT molecular complexity index is 1330. The smallest absolute Gasteiger partial charge is 0.336 e. The maximum Gasteiger partial charge on any atom is 0.336 e. The third kappa shape index (κ3) is 7.77. The van der Waals surface area contributed by atoms with Crippen LogP contribution < -0.4 is 10.4 Å². The van der Waals surface area contributed by atoms with E-state index in [0.717, 1.165) is 33.8 Å². The van der Waals surface area contributed by atoms with E-state index in [2.05, 4.69) is 0 Å². The third-order valence-corrected chi connectivity index (χ3v) is 5.34. The van der Waals surface area contributed by atoms with Gasteiger partial charge >= 0.3 is 35.5 Å². The van der Waals surface area contributed by atoms with Crippen molar-refractivity contribution in [1.82, 2.24) is 0 Å². The summed E-state index contributed by atoms with van der Waals surface area (Å²) in [6, 6.07) is 5.23. The van der Waals surface area contributed by atoms with Crippen molar-refractivity contribution in [3.63, 3.8) is 0 Å². The number of carbonyl (C=O) groups excluding carboxylic acids is 4. The van der Waals surface area contributed by atoms with Crippen molar-refractivity contribution in [2.75, 3.05) is 6.61 Å². The molecule has 3 rings (SSSR count). The van der Waals surface area contributed by atoms with Crippen molar-refractivity contribution in [3.8, 4) is 5.75 Å².